The van der Waals surface area contributed by atoms with Gasteiger partial charge in [0, 0.05) is 10.5 Å². The fraction of sp³-hybridized carbons (Fsp3) is 0.625. The van der Waals surface area contributed by atoms with Crippen LogP contribution in [0, 0.1) is 11.8 Å². The first-order chi connectivity index (χ1) is 9.19. The molecule has 0 spiro atoms. The largest absolute Gasteiger partial charge is 0.494 e. The normalized spacial score (nSPS) is 27.2. The van der Waals surface area contributed by atoms with Gasteiger partial charge in [-0.25, -0.2) is 0 Å². The number of rotatable bonds is 5. The summed E-state index contributed by atoms with van der Waals surface area (Å²) in [7, 11) is 2.09. The smallest absolute Gasteiger partial charge is 0.120 e. The van der Waals surface area contributed by atoms with Crippen LogP contribution in [0.15, 0.2) is 28.7 Å². The van der Waals surface area contributed by atoms with Crippen molar-refractivity contribution in [2.45, 2.75) is 38.6 Å². The molecule has 0 aromatic heterocycles. The second-order valence-electron chi connectivity index (χ2n) is 5.67. The van der Waals surface area contributed by atoms with Gasteiger partial charge in [-0.1, -0.05) is 28.9 Å². The lowest BCUT2D eigenvalue weighted by Crippen LogP contribution is -2.38. The molecule has 1 aliphatic rings. The zero-order valence-corrected chi connectivity index (χ0v) is 13.4. The van der Waals surface area contributed by atoms with E-state index in [2.05, 4.69) is 35.2 Å². The van der Waals surface area contributed by atoms with E-state index in [9.17, 15) is 0 Å². The highest BCUT2D eigenvalue weighted by molar-refractivity contribution is 9.10. The van der Waals surface area contributed by atoms with Crippen LogP contribution in [0.2, 0.25) is 0 Å². The van der Waals surface area contributed by atoms with Crippen LogP contribution < -0.4 is 10.1 Å². The molecular formula is C16H24BrNO. The topological polar surface area (TPSA) is 21.3 Å². The molecule has 1 aliphatic carbocycles. The predicted octanol–water partition coefficient (Wildman–Crippen LogP) is 4.24. The van der Waals surface area contributed by atoms with Crippen molar-refractivity contribution in [2.75, 3.05) is 13.7 Å². The summed E-state index contributed by atoms with van der Waals surface area (Å²) in [6.45, 7) is 3.18. The van der Waals surface area contributed by atoms with Gasteiger partial charge >= 0.3 is 0 Å². The molecule has 2 rings (SSSR count). The highest BCUT2D eigenvalue weighted by Gasteiger charge is 2.27. The van der Waals surface area contributed by atoms with Gasteiger partial charge in [0.2, 0.25) is 0 Å². The molecule has 3 atom stereocenters. The van der Waals surface area contributed by atoms with Crippen molar-refractivity contribution in [3.8, 4) is 5.75 Å². The van der Waals surface area contributed by atoms with Crippen molar-refractivity contribution in [3.05, 3.63) is 28.7 Å². The van der Waals surface area contributed by atoms with Crippen LogP contribution in [0.3, 0.4) is 0 Å². The number of ether oxygens (including phenoxy) is 1. The highest BCUT2D eigenvalue weighted by Crippen LogP contribution is 2.31. The summed E-state index contributed by atoms with van der Waals surface area (Å²) in [5, 5.41) is 3.47. The van der Waals surface area contributed by atoms with E-state index in [-0.39, 0.29) is 0 Å². The Hall–Kier alpha value is -0.540. The monoisotopic (exact) mass is 325 g/mol. The first kappa shape index (κ1) is 14.9. The van der Waals surface area contributed by atoms with Gasteiger partial charge in [-0.2, -0.15) is 0 Å². The molecule has 0 saturated heterocycles. The number of hydrogen-bond donors (Lipinski definition) is 1. The van der Waals surface area contributed by atoms with E-state index in [1.54, 1.807) is 0 Å². The van der Waals surface area contributed by atoms with Crippen LogP contribution in [-0.4, -0.2) is 19.7 Å². The van der Waals surface area contributed by atoms with Gasteiger partial charge in [-0.05, 0) is 62.8 Å². The van der Waals surface area contributed by atoms with Crippen molar-refractivity contribution in [1.82, 2.24) is 5.32 Å². The molecule has 0 heterocycles. The Morgan fingerprint density at radius 1 is 1.37 bits per heavy atom. The lowest BCUT2D eigenvalue weighted by molar-refractivity contribution is 0.179. The standard InChI is InChI=1S/C16H24BrNO/c1-12-6-7-16(18-2)13(10-12)8-9-19-15-5-3-4-14(17)11-15/h3-5,11-13,16,18H,6-10H2,1-2H3. The van der Waals surface area contributed by atoms with Gasteiger partial charge in [0.25, 0.3) is 0 Å². The van der Waals surface area contributed by atoms with Gasteiger partial charge in [0.1, 0.15) is 5.75 Å². The number of nitrogens with one attached hydrogen (secondary N) is 1. The molecule has 0 amide bonds. The zero-order chi connectivity index (χ0) is 13.7. The van der Waals surface area contributed by atoms with E-state index in [0.29, 0.717) is 6.04 Å². The number of halogens is 1. The molecule has 0 aliphatic heterocycles. The average molecular weight is 326 g/mol. The lowest BCUT2D eigenvalue weighted by Gasteiger charge is -2.34. The van der Waals surface area contributed by atoms with Gasteiger partial charge < -0.3 is 10.1 Å². The van der Waals surface area contributed by atoms with Crippen LogP contribution in [0.25, 0.3) is 0 Å². The second kappa shape index (κ2) is 7.30. The SMILES string of the molecule is CNC1CCC(C)CC1CCOc1cccc(Br)c1. The maximum atomic E-state index is 5.86. The Morgan fingerprint density at radius 2 is 2.21 bits per heavy atom. The van der Waals surface area contributed by atoms with Crippen molar-refractivity contribution >= 4 is 15.9 Å². The Bertz CT molecular complexity index is 396. The minimum Gasteiger partial charge on any atom is -0.494 e. The summed E-state index contributed by atoms with van der Waals surface area (Å²) in [4.78, 5) is 0. The van der Waals surface area contributed by atoms with E-state index < -0.39 is 0 Å². The van der Waals surface area contributed by atoms with Crippen LogP contribution >= 0.6 is 15.9 Å². The van der Waals surface area contributed by atoms with Gasteiger partial charge in [-0.15, -0.1) is 0 Å². The lowest BCUT2D eigenvalue weighted by atomic mass is 9.77. The van der Waals surface area contributed by atoms with Crippen LogP contribution in [-0.2, 0) is 0 Å². The summed E-state index contributed by atoms with van der Waals surface area (Å²) in [6.07, 6.45) is 5.13. The van der Waals surface area contributed by atoms with Gasteiger partial charge in [-0.3, -0.25) is 0 Å². The third-order valence-electron chi connectivity index (χ3n) is 4.17. The van der Waals surface area contributed by atoms with Crippen LogP contribution in [0.1, 0.15) is 32.6 Å². The van der Waals surface area contributed by atoms with Crippen LogP contribution in [0.5, 0.6) is 5.75 Å². The predicted molar refractivity (Wildman–Crippen MR) is 83.6 cm³/mol. The van der Waals surface area contributed by atoms with Crippen molar-refractivity contribution in [3.63, 3.8) is 0 Å². The Balaban J connectivity index is 1.80. The number of benzene rings is 1. The summed E-state index contributed by atoms with van der Waals surface area (Å²) < 4.78 is 6.93. The minimum atomic E-state index is 0.669. The molecular weight excluding hydrogens is 302 g/mol. The molecule has 19 heavy (non-hydrogen) atoms. The Morgan fingerprint density at radius 3 is 2.95 bits per heavy atom. The molecule has 3 heteroatoms. The van der Waals surface area contributed by atoms with E-state index in [1.807, 2.05) is 24.3 Å². The molecule has 106 valence electrons. The maximum Gasteiger partial charge on any atom is 0.120 e. The first-order valence-electron chi connectivity index (χ1n) is 7.24. The Kier molecular flexibility index (Phi) is 5.71. The van der Waals surface area contributed by atoms with E-state index in [4.69, 9.17) is 4.74 Å². The quantitative estimate of drug-likeness (QED) is 0.874. The van der Waals surface area contributed by atoms with Crippen molar-refractivity contribution in [1.29, 1.82) is 0 Å². The third kappa shape index (κ3) is 4.50. The summed E-state index contributed by atoms with van der Waals surface area (Å²) in [5.41, 5.74) is 0. The molecule has 0 radical (unpaired) electrons. The number of hydrogen-bond acceptors (Lipinski definition) is 2. The van der Waals surface area contributed by atoms with Gasteiger partial charge in [0.05, 0.1) is 6.61 Å². The van der Waals surface area contributed by atoms with Crippen LogP contribution in [0.4, 0.5) is 0 Å². The molecule has 1 fully saturated rings. The molecule has 0 bridgehead atoms. The summed E-state index contributed by atoms with van der Waals surface area (Å²) in [6, 6.07) is 8.75. The van der Waals surface area contributed by atoms with Gasteiger partial charge in [0.15, 0.2) is 0 Å². The molecule has 1 aromatic carbocycles. The maximum absolute atomic E-state index is 5.86. The van der Waals surface area contributed by atoms with E-state index in [0.717, 1.165) is 35.1 Å². The van der Waals surface area contributed by atoms with Crippen molar-refractivity contribution < 1.29 is 4.74 Å². The van der Waals surface area contributed by atoms with E-state index in [1.165, 1.54) is 19.3 Å². The second-order valence-corrected chi connectivity index (χ2v) is 6.58. The molecule has 3 unspecified atom stereocenters. The van der Waals surface area contributed by atoms with Crippen molar-refractivity contribution in [2.24, 2.45) is 11.8 Å². The average Bonchev–Trinajstić information content (AvgIpc) is 2.39. The minimum absolute atomic E-state index is 0.669. The fourth-order valence-electron chi connectivity index (χ4n) is 3.08. The molecule has 1 aromatic rings. The fourth-order valence-corrected chi connectivity index (χ4v) is 3.46. The highest BCUT2D eigenvalue weighted by atomic mass is 79.9. The first-order valence-corrected chi connectivity index (χ1v) is 8.04. The summed E-state index contributed by atoms with van der Waals surface area (Å²) >= 11 is 3.47. The van der Waals surface area contributed by atoms with E-state index >= 15 is 0 Å². The molecule has 1 N–H and O–H groups in total. The third-order valence-corrected chi connectivity index (χ3v) is 4.66. The Labute approximate surface area is 125 Å². The summed E-state index contributed by atoms with van der Waals surface area (Å²) in [5.74, 6) is 2.57. The zero-order valence-electron chi connectivity index (χ0n) is 11.9. The molecule has 2 nitrogen and oxygen atoms in total. The molecule has 1 saturated carbocycles.